The number of carbonyl (C=O) groups excluding carboxylic acids is 1. The highest BCUT2D eigenvalue weighted by Gasteiger charge is 2.22. The Morgan fingerprint density at radius 3 is 2.71 bits per heavy atom. The number of nitrogens with zero attached hydrogens (tertiary/aromatic N) is 2. The molecule has 0 spiro atoms. The fraction of sp³-hybridized carbons (Fsp3) is 0.667. The molecule has 1 aromatic rings. The standard InChI is InChI=1S/C12H22N4O/c1-9(2)12(3,4)8-14-11(17)7-16-6-10(13)5-15-16/h5-6,9H,7-8,13H2,1-4H3,(H,14,17). The predicted molar refractivity (Wildman–Crippen MR) is 68.3 cm³/mol. The molecule has 0 aromatic carbocycles. The van der Waals surface area contributed by atoms with Crippen LogP contribution in [-0.2, 0) is 11.3 Å². The van der Waals surface area contributed by atoms with Gasteiger partial charge in [-0.25, -0.2) is 0 Å². The molecule has 3 N–H and O–H groups in total. The van der Waals surface area contributed by atoms with Crippen LogP contribution >= 0.6 is 0 Å². The maximum Gasteiger partial charge on any atom is 0.241 e. The van der Waals surface area contributed by atoms with E-state index in [2.05, 4.69) is 38.1 Å². The Bertz CT molecular complexity index is 382. The summed E-state index contributed by atoms with van der Waals surface area (Å²) in [6.45, 7) is 9.47. The van der Waals surface area contributed by atoms with Gasteiger partial charge in [-0.05, 0) is 11.3 Å². The normalized spacial score (nSPS) is 11.8. The Labute approximate surface area is 102 Å². The van der Waals surface area contributed by atoms with Crippen molar-refractivity contribution in [2.24, 2.45) is 11.3 Å². The summed E-state index contributed by atoms with van der Waals surface area (Å²) in [5, 5.41) is 6.89. The Kier molecular flexibility index (Phi) is 4.15. The molecule has 0 aliphatic heterocycles. The molecule has 0 saturated carbocycles. The number of nitrogen functional groups attached to an aromatic ring is 1. The number of rotatable bonds is 5. The van der Waals surface area contributed by atoms with Crippen LogP contribution in [0.1, 0.15) is 27.7 Å². The van der Waals surface area contributed by atoms with E-state index in [4.69, 9.17) is 5.73 Å². The van der Waals surface area contributed by atoms with E-state index in [-0.39, 0.29) is 17.9 Å². The van der Waals surface area contributed by atoms with Crippen LogP contribution in [0.5, 0.6) is 0 Å². The van der Waals surface area contributed by atoms with Gasteiger partial charge >= 0.3 is 0 Å². The van der Waals surface area contributed by atoms with E-state index in [1.807, 2.05) is 0 Å². The van der Waals surface area contributed by atoms with Crippen molar-refractivity contribution in [1.29, 1.82) is 0 Å². The number of nitrogens with two attached hydrogens (primary N) is 1. The van der Waals surface area contributed by atoms with Crippen molar-refractivity contribution in [3.63, 3.8) is 0 Å². The second-order valence-corrected chi connectivity index (χ2v) is 5.39. The first kappa shape index (κ1) is 13.5. The van der Waals surface area contributed by atoms with Gasteiger partial charge in [-0.1, -0.05) is 27.7 Å². The van der Waals surface area contributed by atoms with Crippen molar-refractivity contribution < 1.29 is 4.79 Å². The van der Waals surface area contributed by atoms with E-state index in [1.54, 1.807) is 6.20 Å². The van der Waals surface area contributed by atoms with Crippen molar-refractivity contribution in [2.75, 3.05) is 12.3 Å². The Morgan fingerprint density at radius 1 is 1.59 bits per heavy atom. The highest BCUT2D eigenvalue weighted by molar-refractivity contribution is 5.75. The van der Waals surface area contributed by atoms with Gasteiger partial charge in [0.2, 0.25) is 5.91 Å². The van der Waals surface area contributed by atoms with Crippen LogP contribution in [0.2, 0.25) is 0 Å². The fourth-order valence-corrected chi connectivity index (χ4v) is 1.20. The summed E-state index contributed by atoms with van der Waals surface area (Å²) < 4.78 is 1.53. The van der Waals surface area contributed by atoms with Crippen LogP contribution in [-0.4, -0.2) is 22.2 Å². The maximum atomic E-state index is 11.7. The lowest BCUT2D eigenvalue weighted by Gasteiger charge is -2.29. The molecular weight excluding hydrogens is 216 g/mol. The maximum absolute atomic E-state index is 11.7. The fourth-order valence-electron chi connectivity index (χ4n) is 1.20. The molecular formula is C12H22N4O. The molecule has 0 fully saturated rings. The molecule has 0 aliphatic carbocycles. The number of carbonyl (C=O) groups is 1. The van der Waals surface area contributed by atoms with Crippen molar-refractivity contribution in [2.45, 2.75) is 34.2 Å². The van der Waals surface area contributed by atoms with E-state index in [0.29, 0.717) is 18.2 Å². The molecule has 0 saturated heterocycles. The average molecular weight is 238 g/mol. The molecule has 1 aromatic heterocycles. The van der Waals surface area contributed by atoms with Gasteiger partial charge in [-0.15, -0.1) is 0 Å². The summed E-state index contributed by atoms with van der Waals surface area (Å²) in [5.41, 5.74) is 6.19. The van der Waals surface area contributed by atoms with Crippen LogP contribution in [0.15, 0.2) is 12.4 Å². The summed E-state index contributed by atoms with van der Waals surface area (Å²) in [4.78, 5) is 11.7. The third-order valence-corrected chi connectivity index (χ3v) is 3.26. The smallest absolute Gasteiger partial charge is 0.241 e. The molecule has 1 heterocycles. The van der Waals surface area contributed by atoms with Crippen molar-refractivity contribution in [3.05, 3.63) is 12.4 Å². The molecule has 17 heavy (non-hydrogen) atoms. The molecule has 0 atom stereocenters. The first-order valence-electron chi connectivity index (χ1n) is 5.86. The topological polar surface area (TPSA) is 72.9 Å². The minimum Gasteiger partial charge on any atom is -0.396 e. The molecule has 0 radical (unpaired) electrons. The third-order valence-electron chi connectivity index (χ3n) is 3.26. The van der Waals surface area contributed by atoms with E-state index in [1.165, 1.54) is 10.9 Å². The van der Waals surface area contributed by atoms with Gasteiger partial charge in [0.25, 0.3) is 0 Å². The quantitative estimate of drug-likeness (QED) is 0.811. The average Bonchev–Trinajstić information content (AvgIpc) is 2.61. The highest BCUT2D eigenvalue weighted by atomic mass is 16.2. The first-order valence-corrected chi connectivity index (χ1v) is 5.86. The zero-order valence-corrected chi connectivity index (χ0v) is 11.0. The number of hydrogen-bond acceptors (Lipinski definition) is 3. The molecule has 0 unspecified atom stereocenters. The monoisotopic (exact) mass is 238 g/mol. The van der Waals surface area contributed by atoms with Gasteiger partial charge in [0.05, 0.1) is 11.9 Å². The lowest BCUT2D eigenvalue weighted by Crippen LogP contribution is -2.38. The summed E-state index contributed by atoms with van der Waals surface area (Å²) in [5.74, 6) is 0.477. The predicted octanol–water partition coefficient (Wildman–Crippen LogP) is 1.26. The van der Waals surface area contributed by atoms with Gasteiger partial charge in [0, 0.05) is 12.7 Å². The minimum absolute atomic E-state index is 0.0400. The van der Waals surface area contributed by atoms with E-state index < -0.39 is 0 Å². The first-order chi connectivity index (χ1) is 7.81. The number of hydrogen-bond donors (Lipinski definition) is 2. The van der Waals surface area contributed by atoms with E-state index in [9.17, 15) is 4.79 Å². The molecule has 1 amide bonds. The summed E-state index contributed by atoms with van der Waals surface area (Å²) >= 11 is 0. The van der Waals surface area contributed by atoms with Crippen molar-refractivity contribution in [3.8, 4) is 0 Å². The Hall–Kier alpha value is -1.52. The zero-order chi connectivity index (χ0) is 13.1. The molecule has 0 aliphatic rings. The number of nitrogens with one attached hydrogen (secondary N) is 1. The Balaban J connectivity index is 2.41. The molecule has 0 bridgehead atoms. The molecule has 5 heteroatoms. The van der Waals surface area contributed by atoms with Crippen LogP contribution in [0.25, 0.3) is 0 Å². The second-order valence-electron chi connectivity index (χ2n) is 5.39. The van der Waals surface area contributed by atoms with Gasteiger partial charge in [0.1, 0.15) is 6.54 Å². The van der Waals surface area contributed by atoms with Gasteiger partial charge in [-0.3, -0.25) is 9.48 Å². The largest absolute Gasteiger partial charge is 0.396 e. The van der Waals surface area contributed by atoms with Gasteiger partial charge in [0.15, 0.2) is 0 Å². The van der Waals surface area contributed by atoms with Crippen LogP contribution in [0.4, 0.5) is 5.69 Å². The number of aromatic nitrogens is 2. The summed E-state index contributed by atoms with van der Waals surface area (Å²) in [7, 11) is 0. The van der Waals surface area contributed by atoms with Crippen LogP contribution in [0.3, 0.4) is 0 Å². The van der Waals surface area contributed by atoms with Gasteiger partial charge in [-0.2, -0.15) is 5.10 Å². The SMILES string of the molecule is CC(C)C(C)(C)CNC(=O)Cn1cc(N)cn1. The lowest BCUT2D eigenvalue weighted by molar-refractivity contribution is -0.122. The summed E-state index contributed by atoms with van der Waals surface area (Å²) in [6, 6.07) is 0. The zero-order valence-electron chi connectivity index (χ0n) is 11.0. The number of anilines is 1. The van der Waals surface area contributed by atoms with E-state index in [0.717, 1.165) is 0 Å². The van der Waals surface area contributed by atoms with Gasteiger partial charge < -0.3 is 11.1 Å². The Morgan fingerprint density at radius 2 is 2.24 bits per heavy atom. The van der Waals surface area contributed by atoms with Crippen molar-refractivity contribution >= 4 is 11.6 Å². The molecule has 5 nitrogen and oxygen atoms in total. The number of amides is 1. The van der Waals surface area contributed by atoms with E-state index >= 15 is 0 Å². The summed E-state index contributed by atoms with van der Waals surface area (Å²) in [6.07, 6.45) is 3.18. The second kappa shape index (κ2) is 5.21. The minimum atomic E-state index is -0.0400. The highest BCUT2D eigenvalue weighted by Crippen LogP contribution is 2.24. The molecule has 1 rings (SSSR count). The lowest BCUT2D eigenvalue weighted by atomic mass is 9.81. The third kappa shape index (κ3) is 4.09. The van der Waals surface area contributed by atoms with Crippen molar-refractivity contribution in [1.82, 2.24) is 15.1 Å². The molecule has 96 valence electrons. The van der Waals surface area contributed by atoms with Crippen LogP contribution < -0.4 is 11.1 Å². The van der Waals surface area contributed by atoms with Crippen LogP contribution in [0, 0.1) is 11.3 Å².